The van der Waals surface area contributed by atoms with Crippen LogP contribution in [0.25, 0.3) is 0 Å². The molecule has 0 amide bonds. The van der Waals surface area contributed by atoms with Gasteiger partial charge in [0.15, 0.2) is 0 Å². The number of hydrogen-bond donors (Lipinski definition) is 1. The Labute approximate surface area is 104 Å². The zero-order chi connectivity index (χ0) is 13.3. The van der Waals surface area contributed by atoms with Crippen molar-refractivity contribution in [1.82, 2.24) is 4.98 Å². The number of aliphatic hydroxyl groups is 1. The summed E-state index contributed by atoms with van der Waals surface area (Å²) in [4.78, 5) is 3.82. The molecule has 1 aromatic heterocycles. The number of aromatic nitrogens is 1. The summed E-state index contributed by atoms with van der Waals surface area (Å²) in [5, 5.41) is 11.7. The summed E-state index contributed by atoms with van der Waals surface area (Å²) in [5.41, 5.74) is -1.31. The molecule has 96 valence electrons. The van der Waals surface area contributed by atoms with Gasteiger partial charge in [-0.1, -0.05) is 6.07 Å². The number of nitrogens with zero attached hydrogens (tertiary/aromatic N) is 1. The molecule has 18 heavy (non-hydrogen) atoms. The second-order valence-electron chi connectivity index (χ2n) is 3.51. The number of hydrogen-bond acceptors (Lipinski definition) is 3. The number of benzene rings is 1. The zero-order valence-electron chi connectivity index (χ0n) is 8.78. The van der Waals surface area contributed by atoms with Gasteiger partial charge in [0.2, 0.25) is 0 Å². The topological polar surface area (TPSA) is 33.1 Å². The van der Waals surface area contributed by atoms with Gasteiger partial charge in [-0.3, -0.25) is 0 Å². The van der Waals surface area contributed by atoms with Crippen LogP contribution in [0.1, 0.15) is 22.2 Å². The normalized spacial score (nSPS) is 13.6. The monoisotopic (exact) mass is 277 g/mol. The quantitative estimate of drug-likeness (QED) is 0.854. The van der Waals surface area contributed by atoms with Crippen LogP contribution in [-0.4, -0.2) is 10.1 Å². The molecule has 1 atom stereocenters. The van der Waals surface area contributed by atoms with Crippen molar-refractivity contribution in [3.05, 3.63) is 51.7 Å². The molecule has 2 rings (SSSR count). The van der Waals surface area contributed by atoms with Gasteiger partial charge in [-0.15, -0.1) is 11.3 Å². The molecule has 0 radical (unpaired) electrons. The first-order valence-electron chi connectivity index (χ1n) is 4.83. The van der Waals surface area contributed by atoms with E-state index in [4.69, 9.17) is 0 Å². The van der Waals surface area contributed by atoms with Crippen molar-refractivity contribution >= 4 is 11.3 Å². The van der Waals surface area contributed by atoms with E-state index in [1.165, 1.54) is 6.20 Å². The Bertz CT molecular complexity index is 538. The Balaban J connectivity index is 2.35. The van der Waals surface area contributed by atoms with E-state index in [1.54, 1.807) is 5.38 Å². The van der Waals surface area contributed by atoms with Crippen LogP contribution < -0.4 is 0 Å². The molecule has 2 aromatic rings. The van der Waals surface area contributed by atoms with Crippen LogP contribution in [0.4, 0.5) is 17.6 Å². The van der Waals surface area contributed by atoms with Crippen LogP contribution in [0.15, 0.2) is 29.8 Å². The van der Waals surface area contributed by atoms with E-state index in [0.717, 1.165) is 17.4 Å². The molecule has 2 nitrogen and oxygen atoms in total. The van der Waals surface area contributed by atoms with Crippen molar-refractivity contribution in [2.75, 3.05) is 0 Å². The van der Waals surface area contributed by atoms with Crippen LogP contribution in [0, 0.1) is 5.82 Å². The Hall–Kier alpha value is -1.47. The lowest BCUT2D eigenvalue weighted by Gasteiger charge is -2.12. The average molecular weight is 277 g/mol. The van der Waals surface area contributed by atoms with Crippen LogP contribution in [0.2, 0.25) is 0 Å². The molecule has 0 saturated carbocycles. The molecule has 0 fully saturated rings. The summed E-state index contributed by atoms with van der Waals surface area (Å²) in [6.45, 7) is 0. The third-order valence-electron chi connectivity index (χ3n) is 2.30. The maximum absolute atomic E-state index is 13.3. The van der Waals surface area contributed by atoms with Crippen molar-refractivity contribution in [1.29, 1.82) is 0 Å². The number of thiazole rings is 1. The largest absolute Gasteiger partial charge is 0.419 e. The highest BCUT2D eigenvalue weighted by molar-refractivity contribution is 7.09. The van der Waals surface area contributed by atoms with Gasteiger partial charge in [-0.2, -0.15) is 13.2 Å². The van der Waals surface area contributed by atoms with Crippen molar-refractivity contribution in [3.63, 3.8) is 0 Å². The number of rotatable bonds is 2. The number of halogens is 4. The van der Waals surface area contributed by atoms with E-state index in [0.29, 0.717) is 17.1 Å². The maximum atomic E-state index is 13.3. The van der Waals surface area contributed by atoms with E-state index in [1.807, 2.05) is 0 Å². The maximum Gasteiger partial charge on any atom is 0.419 e. The Morgan fingerprint density at radius 1 is 1.28 bits per heavy atom. The Kier molecular flexibility index (Phi) is 3.36. The minimum Gasteiger partial charge on any atom is -0.381 e. The fourth-order valence-electron chi connectivity index (χ4n) is 1.44. The zero-order valence-corrected chi connectivity index (χ0v) is 9.60. The fraction of sp³-hybridized carbons (Fsp3) is 0.182. The first kappa shape index (κ1) is 13.0. The molecule has 7 heteroatoms. The minimum atomic E-state index is -4.74. The fourth-order valence-corrected chi connectivity index (χ4v) is 2.09. The SMILES string of the molecule is OC(c1ccc(C(F)(F)F)c(F)c1)c1nccs1. The molecular formula is C11H7F4NOS. The highest BCUT2D eigenvalue weighted by atomic mass is 32.1. The van der Waals surface area contributed by atoms with E-state index < -0.39 is 23.7 Å². The van der Waals surface area contributed by atoms with Crippen LogP contribution in [0.5, 0.6) is 0 Å². The summed E-state index contributed by atoms with van der Waals surface area (Å²) in [6.07, 6.45) is -4.51. The van der Waals surface area contributed by atoms with Crippen LogP contribution in [0.3, 0.4) is 0 Å². The lowest BCUT2D eigenvalue weighted by molar-refractivity contribution is -0.140. The van der Waals surface area contributed by atoms with Crippen molar-refractivity contribution in [2.45, 2.75) is 12.3 Å². The van der Waals surface area contributed by atoms with Crippen molar-refractivity contribution in [2.24, 2.45) is 0 Å². The third kappa shape index (κ3) is 2.51. The molecule has 0 spiro atoms. The molecule has 0 aliphatic carbocycles. The van der Waals surface area contributed by atoms with Gasteiger partial charge in [0.05, 0.1) is 5.56 Å². The van der Waals surface area contributed by atoms with Gasteiger partial charge >= 0.3 is 6.18 Å². The summed E-state index contributed by atoms with van der Waals surface area (Å²) in [5.74, 6) is -1.41. The minimum absolute atomic E-state index is 0.0375. The second kappa shape index (κ2) is 4.66. The van der Waals surface area contributed by atoms with Gasteiger partial charge in [0.1, 0.15) is 16.9 Å². The predicted octanol–water partition coefficient (Wildman–Crippen LogP) is 3.38. The molecule has 0 bridgehead atoms. The van der Waals surface area contributed by atoms with Gasteiger partial charge in [0.25, 0.3) is 0 Å². The highest BCUT2D eigenvalue weighted by Gasteiger charge is 2.34. The van der Waals surface area contributed by atoms with Gasteiger partial charge in [0, 0.05) is 11.6 Å². The van der Waals surface area contributed by atoms with E-state index >= 15 is 0 Å². The Morgan fingerprint density at radius 3 is 2.50 bits per heavy atom. The number of aliphatic hydroxyl groups excluding tert-OH is 1. The molecule has 1 unspecified atom stereocenters. The van der Waals surface area contributed by atoms with E-state index in [2.05, 4.69) is 4.98 Å². The summed E-state index contributed by atoms with van der Waals surface area (Å²) in [7, 11) is 0. The van der Waals surface area contributed by atoms with E-state index in [-0.39, 0.29) is 5.56 Å². The lowest BCUT2D eigenvalue weighted by atomic mass is 10.1. The predicted molar refractivity (Wildman–Crippen MR) is 57.6 cm³/mol. The average Bonchev–Trinajstić information content (AvgIpc) is 2.79. The molecular weight excluding hydrogens is 270 g/mol. The second-order valence-corrected chi connectivity index (χ2v) is 4.44. The van der Waals surface area contributed by atoms with Crippen LogP contribution >= 0.6 is 11.3 Å². The molecule has 0 saturated heterocycles. The lowest BCUT2D eigenvalue weighted by Crippen LogP contribution is -2.09. The van der Waals surface area contributed by atoms with Crippen molar-refractivity contribution in [3.8, 4) is 0 Å². The third-order valence-corrected chi connectivity index (χ3v) is 3.13. The van der Waals surface area contributed by atoms with Gasteiger partial charge < -0.3 is 5.11 Å². The summed E-state index contributed by atoms with van der Waals surface area (Å²) >= 11 is 1.14. The standard InChI is InChI=1S/C11H7F4NOS/c12-8-5-6(1-2-7(8)11(13,14)15)9(17)10-16-3-4-18-10/h1-5,9,17H. The number of alkyl halides is 3. The molecule has 1 aromatic carbocycles. The summed E-state index contributed by atoms with van der Waals surface area (Å²) in [6, 6.07) is 2.33. The first-order chi connectivity index (χ1) is 8.39. The highest BCUT2D eigenvalue weighted by Crippen LogP contribution is 2.33. The Morgan fingerprint density at radius 2 is 2.00 bits per heavy atom. The molecule has 0 aliphatic heterocycles. The van der Waals surface area contributed by atoms with Gasteiger partial charge in [-0.05, 0) is 17.7 Å². The van der Waals surface area contributed by atoms with E-state index in [9.17, 15) is 22.7 Å². The molecule has 1 N–H and O–H groups in total. The first-order valence-corrected chi connectivity index (χ1v) is 5.71. The molecule has 1 heterocycles. The van der Waals surface area contributed by atoms with Gasteiger partial charge in [-0.25, -0.2) is 9.37 Å². The van der Waals surface area contributed by atoms with Crippen LogP contribution in [-0.2, 0) is 6.18 Å². The summed E-state index contributed by atoms with van der Waals surface area (Å²) < 4.78 is 50.3. The smallest absolute Gasteiger partial charge is 0.381 e. The molecule has 0 aliphatic rings. The van der Waals surface area contributed by atoms with Crippen molar-refractivity contribution < 1.29 is 22.7 Å².